The highest BCUT2D eigenvalue weighted by Gasteiger charge is 2.30. The fourth-order valence-electron chi connectivity index (χ4n) is 1.76. The molecule has 1 saturated heterocycles. The highest BCUT2D eigenvalue weighted by Crippen LogP contribution is 2.10. The van der Waals surface area contributed by atoms with E-state index in [1.165, 1.54) is 0 Å². The summed E-state index contributed by atoms with van der Waals surface area (Å²) in [5.74, 6) is 0.0911. The predicted octanol–water partition coefficient (Wildman–Crippen LogP) is 0.354. The molecule has 0 aliphatic carbocycles. The third kappa shape index (κ3) is 3.33. The van der Waals surface area contributed by atoms with Crippen LogP contribution in [0, 0.1) is 0 Å². The summed E-state index contributed by atoms with van der Waals surface area (Å²) >= 11 is 0. The highest BCUT2D eigenvalue weighted by atomic mass is 35.5. The number of carbonyl (C=O) groups excluding carboxylic acids is 1. The van der Waals surface area contributed by atoms with E-state index in [0.717, 1.165) is 13.1 Å². The lowest BCUT2D eigenvalue weighted by atomic mass is 10.1. The minimum absolute atomic E-state index is 0. The highest BCUT2D eigenvalue weighted by molar-refractivity contribution is 5.85. The molecule has 5 heteroatoms. The lowest BCUT2D eigenvalue weighted by Gasteiger charge is -2.39. The van der Waals surface area contributed by atoms with E-state index in [9.17, 15) is 4.79 Å². The standard InChI is InChI=1S/C10H21N3O.ClH/c1-4-9(11)10(14)13-6-5-12-7(2)8(13)3;/h7-9,12H,4-6,11H2,1-3H3;1H. The Bertz CT molecular complexity index is 213. The molecule has 4 nitrogen and oxygen atoms in total. The summed E-state index contributed by atoms with van der Waals surface area (Å²) < 4.78 is 0. The van der Waals surface area contributed by atoms with Crippen LogP contribution >= 0.6 is 12.4 Å². The lowest BCUT2D eigenvalue weighted by Crippen LogP contribution is -2.60. The van der Waals surface area contributed by atoms with E-state index in [1.807, 2.05) is 11.8 Å². The van der Waals surface area contributed by atoms with Crippen molar-refractivity contribution in [2.45, 2.75) is 45.3 Å². The van der Waals surface area contributed by atoms with Gasteiger partial charge in [-0.3, -0.25) is 4.79 Å². The Labute approximate surface area is 98.0 Å². The van der Waals surface area contributed by atoms with Crippen molar-refractivity contribution >= 4 is 18.3 Å². The number of halogens is 1. The average molecular weight is 236 g/mol. The van der Waals surface area contributed by atoms with Gasteiger partial charge in [0.15, 0.2) is 0 Å². The van der Waals surface area contributed by atoms with Crippen molar-refractivity contribution in [2.75, 3.05) is 13.1 Å². The van der Waals surface area contributed by atoms with Gasteiger partial charge >= 0.3 is 0 Å². The number of hydrogen-bond donors (Lipinski definition) is 2. The first-order valence-corrected chi connectivity index (χ1v) is 5.37. The molecule has 1 aliphatic heterocycles. The van der Waals surface area contributed by atoms with Gasteiger partial charge in [-0.15, -0.1) is 12.4 Å². The van der Waals surface area contributed by atoms with Crippen LogP contribution in [0.15, 0.2) is 0 Å². The Morgan fingerprint density at radius 1 is 1.60 bits per heavy atom. The Balaban J connectivity index is 0.00000196. The maximum atomic E-state index is 11.9. The molecule has 3 unspecified atom stereocenters. The van der Waals surface area contributed by atoms with Gasteiger partial charge < -0.3 is 16.0 Å². The van der Waals surface area contributed by atoms with Crippen molar-refractivity contribution in [3.8, 4) is 0 Å². The van der Waals surface area contributed by atoms with Gasteiger partial charge in [0.1, 0.15) is 0 Å². The Morgan fingerprint density at radius 3 is 2.73 bits per heavy atom. The Kier molecular flexibility index (Phi) is 6.17. The number of rotatable bonds is 2. The molecule has 0 aromatic carbocycles. The van der Waals surface area contributed by atoms with Crippen molar-refractivity contribution in [1.29, 1.82) is 0 Å². The second kappa shape index (κ2) is 6.30. The number of piperazine rings is 1. The van der Waals surface area contributed by atoms with Crippen LogP contribution in [-0.4, -0.2) is 42.0 Å². The third-order valence-electron chi connectivity index (χ3n) is 3.07. The fraction of sp³-hybridized carbons (Fsp3) is 0.900. The molecule has 0 aromatic rings. The van der Waals surface area contributed by atoms with E-state index in [1.54, 1.807) is 0 Å². The topological polar surface area (TPSA) is 58.4 Å². The molecule has 3 N–H and O–H groups in total. The number of hydrogen-bond acceptors (Lipinski definition) is 3. The second-order valence-corrected chi connectivity index (χ2v) is 4.03. The largest absolute Gasteiger partial charge is 0.336 e. The van der Waals surface area contributed by atoms with E-state index < -0.39 is 0 Å². The van der Waals surface area contributed by atoms with Gasteiger partial charge in [-0.1, -0.05) is 6.92 Å². The molecule has 0 radical (unpaired) electrons. The van der Waals surface area contributed by atoms with E-state index >= 15 is 0 Å². The summed E-state index contributed by atoms with van der Waals surface area (Å²) in [5.41, 5.74) is 5.74. The molecular formula is C10H22ClN3O. The summed E-state index contributed by atoms with van der Waals surface area (Å²) in [6.07, 6.45) is 0.712. The Hall–Kier alpha value is -0.320. The molecule has 1 aliphatic rings. The van der Waals surface area contributed by atoms with Gasteiger partial charge in [-0.2, -0.15) is 0 Å². The minimum Gasteiger partial charge on any atom is -0.336 e. The normalized spacial score (nSPS) is 28.1. The molecule has 90 valence electrons. The van der Waals surface area contributed by atoms with E-state index in [4.69, 9.17) is 5.73 Å². The number of nitrogens with one attached hydrogen (secondary N) is 1. The van der Waals surface area contributed by atoms with Gasteiger partial charge in [0.25, 0.3) is 0 Å². The maximum absolute atomic E-state index is 11.9. The Morgan fingerprint density at radius 2 is 2.20 bits per heavy atom. The smallest absolute Gasteiger partial charge is 0.239 e. The molecule has 1 amide bonds. The monoisotopic (exact) mass is 235 g/mol. The quantitative estimate of drug-likeness (QED) is 0.727. The van der Waals surface area contributed by atoms with E-state index in [-0.39, 0.29) is 30.4 Å². The van der Waals surface area contributed by atoms with E-state index in [0.29, 0.717) is 12.5 Å². The molecular weight excluding hydrogens is 214 g/mol. The van der Waals surface area contributed by atoms with Crippen molar-refractivity contribution in [1.82, 2.24) is 10.2 Å². The molecule has 3 atom stereocenters. The van der Waals surface area contributed by atoms with Gasteiger partial charge in [-0.05, 0) is 20.3 Å². The summed E-state index contributed by atoms with van der Waals surface area (Å²) in [6, 6.07) is 0.272. The number of nitrogens with zero attached hydrogens (tertiary/aromatic N) is 1. The van der Waals surface area contributed by atoms with Crippen LogP contribution in [0.2, 0.25) is 0 Å². The van der Waals surface area contributed by atoms with Gasteiger partial charge in [0, 0.05) is 25.2 Å². The minimum atomic E-state index is -0.331. The molecule has 1 heterocycles. The van der Waals surface area contributed by atoms with Gasteiger partial charge in [0.05, 0.1) is 6.04 Å². The van der Waals surface area contributed by atoms with Crippen LogP contribution in [0.5, 0.6) is 0 Å². The maximum Gasteiger partial charge on any atom is 0.239 e. The van der Waals surface area contributed by atoms with Crippen LogP contribution < -0.4 is 11.1 Å². The summed E-state index contributed by atoms with van der Waals surface area (Å²) in [6.45, 7) is 7.75. The molecule has 0 saturated carbocycles. The van der Waals surface area contributed by atoms with E-state index in [2.05, 4.69) is 19.2 Å². The number of nitrogens with two attached hydrogens (primary N) is 1. The number of carbonyl (C=O) groups is 1. The van der Waals surface area contributed by atoms with Crippen LogP contribution in [0.3, 0.4) is 0 Å². The lowest BCUT2D eigenvalue weighted by molar-refractivity contribution is -0.136. The molecule has 0 aromatic heterocycles. The first-order chi connectivity index (χ1) is 6.57. The van der Waals surface area contributed by atoms with Gasteiger partial charge in [0.2, 0.25) is 5.91 Å². The van der Waals surface area contributed by atoms with Crippen LogP contribution in [-0.2, 0) is 4.79 Å². The second-order valence-electron chi connectivity index (χ2n) is 4.03. The molecule has 15 heavy (non-hydrogen) atoms. The molecule has 0 spiro atoms. The van der Waals surface area contributed by atoms with Crippen LogP contribution in [0.25, 0.3) is 0 Å². The van der Waals surface area contributed by atoms with Crippen molar-refractivity contribution < 1.29 is 4.79 Å². The first-order valence-electron chi connectivity index (χ1n) is 5.37. The zero-order chi connectivity index (χ0) is 10.7. The summed E-state index contributed by atoms with van der Waals surface area (Å²) in [4.78, 5) is 13.8. The SMILES string of the molecule is CCC(N)C(=O)N1CCNC(C)C1C.Cl. The first kappa shape index (κ1) is 14.7. The predicted molar refractivity (Wildman–Crippen MR) is 64.2 cm³/mol. The van der Waals surface area contributed by atoms with Crippen LogP contribution in [0.1, 0.15) is 27.2 Å². The molecule has 1 rings (SSSR count). The third-order valence-corrected chi connectivity index (χ3v) is 3.07. The molecule has 1 fully saturated rings. The summed E-state index contributed by atoms with van der Waals surface area (Å²) in [5, 5.41) is 3.34. The zero-order valence-corrected chi connectivity index (χ0v) is 10.5. The zero-order valence-electron chi connectivity index (χ0n) is 9.69. The van der Waals surface area contributed by atoms with Gasteiger partial charge in [-0.25, -0.2) is 0 Å². The van der Waals surface area contributed by atoms with Crippen molar-refractivity contribution in [2.24, 2.45) is 5.73 Å². The fourth-order valence-corrected chi connectivity index (χ4v) is 1.76. The average Bonchev–Trinajstić information content (AvgIpc) is 2.20. The van der Waals surface area contributed by atoms with Crippen molar-refractivity contribution in [3.05, 3.63) is 0 Å². The number of amides is 1. The van der Waals surface area contributed by atoms with Crippen LogP contribution in [0.4, 0.5) is 0 Å². The summed E-state index contributed by atoms with van der Waals surface area (Å²) in [7, 11) is 0. The van der Waals surface area contributed by atoms with Crippen molar-refractivity contribution in [3.63, 3.8) is 0 Å². The molecule has 0 bridgehead atoms.